The van der Waals surface area contributed by atoms with E-state index in [1.54, 1.807) is 27.6 Å². The van der Waals surface area contributed by atoms with Gasteiger partial charge in [-0.05, 0) is 90.7 Å². The van der Waals surface area contributed by atoms with E-state index in [0.717, 1.165) is 11.8 Å². The van der Waals surface area contributed by atoms with Gasteiger partial charge in [0, 0.05) is 5.41 Å². The number of benzene rings is 2. The van der Waals surface area contributed by atoms with Gasteiger partial charge in [0.15, 0.2) is 0 Å². The van der Waals surface area contributed by atoms with Crippen molar-refractivity contribution in [3.05, 3.63) is 58.7 Å². The highest BCUT2D eigenvalue weighted by molar-refractivity contribution is 5.88. The highest BCUT2D eigenvalue weighted by atomic mass is 14.5. The molecule has 0 heterocycles. The molecule has 2 aromatic carbocycles. The quantitative estimate of drug-likeness (QED) is 0.481. The zero-order valence-electron chi connectivity index (χ0n) is 15.9. The number of aryl methyl sites for hydroxylation is 1. The minimum absolute atomic E-state index is 0.493. The summed E-state index contributed by atoms with van der Waals surface area (Å²) in [7, 11) is 0. The van der Waals surface area contributed by atoms with Crippen LogP contribution in [0, 0.1) is 5.92 Å². The summed E-state index contributed by atoms with van der Waals surface area (Å²) in [4.78, 5) is 0. The molecule has 0 aromatic heterocycles. The molecular formula is C26H30. The molecule has 6 rings (SSSR count). The molecule has 2 bridgehead atoms. The molecule has 134 valence electrons. The zero-order chi connectivity index (χ0) is 17.1. The van der Waals surface area contributed by atoms with Crippen molar-refractivity contribution < 1.29 is 0 Å². The van der Waals surface area contributed by atoms with Gasteiger partial charge in [-0.2, -0.15) is 0 Å². The van der Waals surface area contributed by atoms with Crippen molar-refractivity contribution in [2.45, 2.75) is 82.0 Å². The number of fused-ring (bicyclic) bond motifs is 6. The number of hydrogen-bond acceptors (Lipinski definition) is 0. The summed E-state index contributed by atoms with van der Waals surface area (Å²) in [6.45, 7) is 0. The second-order valence-corrected chi connectivity index (χ2v) is 9.60. The van der Waals surface area contributed by atoms with Crippen LogP contribution < -0.4 is 0 Å². The third-order valence-corrected chi connectivity index (χ3v) is 8.31. The molecule has 2 unspecified atom stereocenters. The normalized spacial score (nSPS) is 30.8. The third kappa shape index (κ3) is 2.14. The van der Waals surface area contributed by atoms with Crippen molar-refractivity contribution in [1.82, 2.24) is 0 Å². The molecule has 0 amide bonds. The Morgan fingerprint density at radius 3 is 2.69 bits per heavy atom. The highest BCUT2D eigenvalue weighted by Gasteiger charge is 2.49. The molecule has 2 fully saturated rings. The van der Waals surface area contributed by atoms with Crippen molar-refractivity contribution in [2.75, 3.05) is 0 Å². The predicted octanol–water partition coefficient (Wildman–Crippen LogP) is 7.20. The Balaban J connectivity index is 1.51. The standard InChI is InChI=1S/C26H30/c1-2-6-19(7-3-1)23-10-4-8-20-16-25-21(15-24(20)23)9-5-13-26(25)17-18-11-12-22(26)14-18/h4,8,10-11,15-16,19,22H,1-3,5-7,9,12-14,17H2. The lowest BCUT2D eigenvalue weighted by Crippen LogP contribution is -2.35. The smallest absolute Gasteiger partial charge is 0.00274 e. The average Bonchev–Trinajstić information content (AvgIpc) is 3.29. The van der Waals surface area contributed by atoms with Gasteiger partial charge < -0.3 is 0 Å². The van der Waals surface area contributed by atoms with Crippen LogP contribution in [0.15, 0.2) is 42.0 Å². The molecule has 4 aliphatic carbocycles. The van der Waals surface area contributed by atoms with Crippen LogP contribution >= 0.6 is 0 Å². The van der Waals surface area contributed by atoms with E-state index in [2.05, 4.69) is 36.4 Å². The average molecular weight is 343 g/mol. The lowest BCUT2D eigenvalue weighted by molar-refractivity contribution is 0.270. The maximum atomic E-state index is 2.64. The van der Waals surface area contributed by atoms with Crippen molar-refractivity contribution in [3.63, 3.8) is 0 Å². The van der Waals surface area contributed by atoms with Gasteiger partial charge in [-0.3, -0.25) is 0 Å². The van der Waals surface area contributed by atoms with Crippen molar-refractivity contribution in [3.8, 4) is 0 Å². The molecule has 26 heavy (non-hydrogen) atoms. The van der Waals surface area contributed by atoms with Crippen LogP contribution in [0.2, 0.25) is 0 Å². The highest BCUT2D eigenvalue weighted by Crippen LogP contribution is 2.59. The summed E-state index contributed by atoms with van der Waals surface area (Å²) in [6.07, 6.45) is 17.8. The van der Waals surface area contributed by atoms with E-state index in [0.29, 0.717) is 5.41 Å². The molecule has 1 spiro atoms. The summed E-state index contributed by atoms with van der Waals surface area (Å²) < 4.78 is 0. The second-order valence-electron chi connectivity index (χ2n) is 9.60. The first kappa shape index (κ1) is 15.5. The van der Waals surface area contributed by atoms with Gasteiger partial charge in [0.25, 0.3) is 0 Å². The first-order valence-corrected chi connectivity index (χ1v) is 11.1. The topological polar surface area (TPSA) is 0 Å². The minimum Gasteiger partial charge on any atom is -0.0850 e. The Morgan fingerprint density at radius 2 is 1.88 bits per heavy atom. The monoisotopic (exact) mass is 342 g/mol. The molecule has 0 radical (unpaired) electrons. The van der Waals surface area contributed by atoms with Crippen molar-refractivity contribution in [1.29, 1.82) is 0 Å². The molecule has 2 saturated carbocycles. The summed E-state index contributed by atoms with van der Waals surface area (Å²) >= 11 is 0. The molecule has 0 nitrogen and oxygen atoms in total. The fourth-order valence-corrected chi connectivity index (χ4v) is 7.08. The van der Waals surface area contributed by atoms with E-state index in [1.807, 2.05) is 0 Å². The lowest BCUT2D eigenvalue weighted by Gasteiger charge is -2.42. The molecule has 2 atom stereocenters. The molecule has 0 aliphatic heterocycles. The van der Waals surface area contributed by atoms with Crippen LogP contribution in [0.5, 0.6) is 0 Å². The van der Waals surface area contributed by atoms with Crippen molar-refractivity contribution in [2.24, 2.45) is 5.92 Å². The minimum atomic E-state index is 0.493. The largest absolute Gasteiger partial charge is 0.0850 e. The number of rotatable bonds is 1. The van der Waals surface area contributed by atoms with Gasteiger partial charge in [-0.25, -0.2) is 0 Å². The van der Waals surface area contributed by atoms with E-state index in [-0.39, 0.29) is 0 Å². The van der Waals surface area contributed by atoms with Gasteiger partial charge >= 0.3 is 0 Å². The molecule has 0 heteroatoms. The first-order chi connectivity index (χ1) is 12.8. The van der Waals surface area contributed by atoms with Gasteiger partial charge in [-0.1, -0.05) is 61.2 Å². The molecule has 4 aliphatic rings. The van der Waals surface area contributed by atoms with Gasteiger partial charge in [0.05, 0.1) is 0 Å². The Hall–Kier alpha value is -1.56. The number of allylic oxidation sites excluding steroid dienone is 2. The fourth-order valence-electron chi connectivity index (χ4n) is 7.08. The van der Waals surface area contributed by atoms with Crippen LogP contribution in [-0.2, 0) is 11.8 Å². The van der Waals surface area contributed by atoms with Gasteiger partial charge in [0.1, 0.15) is 0 Å². The molecule has 0 saturated heterocycles. The SMILES string of the molecule is C1=C2CC(C1)C1(CCCc3cc4c(C5CCCCC5)cccc4cc31)C2. The predicted molar refractivity (Wildman–Crippen MR) is 110 cm³/mol. The van der Waals surface area contributed by atoms with Crippen LogP contribution in [0.25, 0.3) is 10.8 Å². The van der Waals surface area contributed by atoms with Crippen LogP contribution in [-0.4, -0.2) is 0 Å². The maximum Gasteiger partial charge on any atom is 0.00274 e. The van der Waals surface area contributed by atoms with Crippen LogP contribution in [0.1, 0.15) is 86.8 Å². The van der Waals surface area contributed by atoms with Crippen LogP contribution in [0.3, 0.4) is 0 Å². The lowest BCUT2D eigenvalue weighted by atomic mass is 9.62. The van der Waals surface area contributed by atoms with E-state index in [1.165, 1.54) is 76.0 Å². The van der Waals surface area contributed by atoms with E-state index in [4.69, 9.17) is 0 Å². The van der Waals surface area contributed by atoms with E-state index in [9.17, 15) is 0 Å². The van der Waals surface area contributed by atoms with E-state index < -0.39 is 0 Å². The third-order valence-electron chi connectivity index (χ3n) is 8.31. The molecule has 2 aromatic rings. The Labute approximate surface area is 157 Å². The van der Waals surface area contributed by atoms with Gasteiger partial charge in [0.2, 0.25) is 0 Å². The van der Waals surface area contributed by atoms with Gasteiger partial charge in [-0.15, -0.1) is 0 Å². The molecule has 0 N–H and O–H groups in total. The Morgan fingerprint density at radius 1 is 0.962 bits per heavy atom. The Kier molecular flexibility index (Phi) is 3.41. The number of hydrogen-bond donors (Lipinski definition) is 0. The first-order valence-electron chi connectivity index (χ1n) is 11.1. The zero-order valence-corrected chi connectivity index (χ0v) is 15.9. The Bertz CT molecular complexity index is 896. The summed E-state index contributed by atoms with van der Waals surface area (Å²) in [6, 6.07) is 12.4. The fraction of sp³-hybridized carbons (Fsp3) is 0.538. The van der Waals surface area contributed by atoms with Crippen molar-refractivity contribution >= 4 is 10.8 Å². The maximum absolute atomic E-state index is 2.64. The van der Waals surface area contributed by atoms with E-state index >= 15 is 0 Å². The molecular weight excluding hydrogens is 312 g/mol. The summed E-state index contributed by atoms with van der Waals surface area (Å²) in [5.74, 6) is 1.70. The second kappa shape index (κ2) is 5.72. The summed E-state index contributed by atoms with van der Waals surface area (Å²) in [5, 5.41) is 3.10. The summed E-state index contributed by atoms with van der Waals surface area (Å²) in [5.41, 5.74) is 7.34. The van der Waals surface area contributed by atoms with Crippen LogP contribution in [0.4, 0.5) is 0 Å².